The number of ether oxygens (including phenoxy) is 5. The number of carbonyl (C=O) groups is 2. The van der Waals surface area contributed by atoms with Crippen LogP contribution in [-0.2, 0) is 14.3 Å². The lowest BCUT2D eigenvalue weighted by atomic mass is 9.71. The number of hydrogen-bond donors (Lipinski definition) is 1. The lowest BCUT2D eigenvalue weighted by molar-refractivity contribution is -0.140. The van der Waals surface area contributed by atoms with Crippen molar-refractivity contribution in [3.63, 3.8) is 0 Å². The molecule has 0 aromatic heterocycles. The molecule has 0 fully saturated rings. The van der Waals surface area contributed by atoms with Crippen LogP contribution in [0.1, 0.15) is 63.5 Å². The third-order valence-corrected chi connectivity index (χ3v) is 7.30. The van der Waals surface area contributed by atoms with Gasteiger partial charge in [-0.05, 0) is 67.5 Å². The number of rotatable bonds is 10. The number of Topliss-reactive ketones (excluding diaryl/α,β-unsaturated/α-hetero) is 1. The predicted octanol–water partition coefficient (Wildman–Crippen LogP) is 5.67. The molecule has 214 valence electrons. The molecular formula is C32H39NO7. The number of esters is 1. The first kappa shape index (κ1) is 29.1. The van der Waals surface area contributed by atoms with E-state index in [4.69, 9.17) is 23.7 Å². The highest BCUT2D eigenvalue weighted by molar-refractivity contribution is 6.04. The third-order valence-electron chi connectivity index (χ3n) is 7.30. The first-order chi connectivity index (χ1) is 19.2. The van der Waals surface area contributed by atoms with Gasteiger partial charge in [-0.3, -0.25) is 4.79 Å². The van der Waals surface area contributed by atoms with Crippen molar-refractivity contribution in [1.82, 2.24) is 5.32 Å². The van der Waals surface area contributed by atoms with Crippen LogP contribution in [0.25, 0.3) is 0 Å². The summed E-state index contributed by atoms with van der Waals surface area (Å²) < 4.78 is 27.9. The monoisotopic (exact) mass is 549 g/mol. The number of nitrogens with one attached hydrogen (secondary N) is 1. The molecule has 1 N–H and O–H groups in total. The Hall–Kier alpha value is -3.94. The highest BCUT2D eigenvalue weighted by atomic mass is 16.5. The fraction of sp³-hybridized carbons (Fsp3) is 0.438. The Labute approximate surface area is 236 Å². The summed E-state index contributed by atoms with van der Waals surface area (Å²) in [7, 11) is 4.77. The molecule has 40 heavy (non-hydrogen) atoms. The lowest BCUT2D eigenvalue weighted by Gasteiger charge is -2.37. The summed E-state index contributed by atoms with van der Waals surface area (Å²) in [5.41, 5.74) is 4.26. The SMILES string of the molecule is CCOc1ccc(C2C(C(=O)OCC(C)C)=C(C)NC3=C2C(=O)CC(c2ccc(OC)c(OC)c2)C3)cc1OC. The fourth-order valence-corrected chi connectivity index (χ4v) is 5.44. The van der Waals surface area contributed by atoms with Gasteiger partial charge in [-0.15, -0.1) is 0 Å². The minimum Gasteiger partial charge on any atom is -0.493 e. The highest BCUT2D eigenvalue weighted by Crippen LogP contribution is 2.47. The number of ketones is 1. The Morgan fingerprint density at radius 2 is 1.55 bits per heavy atom. The predicted molar refractivity (Wildman–Crippen MR) is 152 cm³/mol. The molecule has 0 radical (unpaired) electrons. The summed E-state index contributed by atoms with van der Waals surface area (Å²) in [6.45, 7) is 8.52. The van der Waals surface area contributed by atoms with Gasteiger partial charge in [-0.25, -0.2) is 4.79 Å². The van der Waals surface area contributed by atoms with E-state index in [2.05, 4.69) is 5.32 Å². The molecule has 2 aliphatic rings. The maximum Gasteiger partial charge on any atom is 0.336 e. The van der Waals surface area contributed by atoms with E-state index in [0.29, 0.717) is 59.3 Å². The smallest absolute Gasteiger partial charge is 0.336 e. The normalized spacial score (nSPS) is 18.8. The Balaban J connectivity index is 1.79. The molecule has 0 saturated carbocycles. The van der Waals surface area contributed by atoms with Crippen molar-refractivity contribution in [1.29, 1.82) is 0 Å². The highest BCUT2D eigenvalue weighted by Gasteiger charge is 2.42. The Bertz CT molecular complexity index is 1340. The van der Waals surface area contributed by atoms with Gasteiger partial charge in [0, 0.05) is 29.3 Å². The number of benzene rings is 2. The van der Waals surface area contributed by atoms with Crippen molar-refractivity contribution in [3.05, 3.63) is 70.1 Å². The van der Waals surface area contributed by atoms with Gasteiger partial charge in [0.15, 0.2) is 28.8 Å². The van der Waals surface area contributed by atoms with Crippen LogP contribution < -0.4 is 24.3 Å². The van der Waals surface area contributed by atoms with E-state index in [1.165, 1.54) is 0 Å². The molecule has 8 heteroatoms. The zero-order valence-corrected chi connectivity index (χ0v) is 24.4. The summed E-state index contributed by atoms with van der Waals surface area (Å²) >= 11 is 0. The maximum atomic E-state index is 14.0. The van der Waals surface area contributed by atoms with E-state index in [9.17, 15) is 9.59 Å². The second-order valence-corrected chi connectivity index (χ2v) is 10.5. The van der Waals surface area contributed by atoms with E-state index < -0.39 is 11.9 Å². The largest absolute Gasteiger partial charge is 0.493 e. The first-order valence-corrected chi connectivity index (χ1v) is 13.7. The molecule has 1 heterocycles. The molecule has 0 spiro atoms. The number of dihydropyridines is 1. The summed E-state index contributed by atoms with van der Waals surface area (Å²) in [6, 6.07) is 11.3. The van der Waals surface area contributed by atoms with Crippen molar-refractivity contribution in [2.45, 2.75) is 52.4 Å². The first-order valence-electron chi connectivity index (χ1n) is 13.7. The van der Waals surface area contributed by atoms with Crippen molar-refractivity contribution < 1.29 is 33.3 Å². The van der Waals surface area contributed by atoms with E-state index in [-0.39, 0.29) is 24.2 Å². The molecule has 0 saturated heterocycles. The average Bonchev–Trinajstić information content (AvgIpc) is 2.94. The van der Waals surface area contributed by atoms with Gasteiger partial charge in [0.25, 0.3) is 0 Å². The van der Waals surface area contributed by atoms with E-state index in [1.54, 1.807) is 21.3 Å². The van der Waals surface area contributed by atoms with Gasteiger partial charge in [0.05, 0.1) is 40.1 Å². The molecule has 2 aromatic carbocycles. The van der Waals surface area contributed by atoms with Crippen LogP contribution in [0.2, 0.25) is 0 Å². The van der Waals surface area contributed by atoms with Crippen LogP contribution in [0.5, 0.6) is 23.0 Å². The third kappa shape index (κ3) is 5.81. The Morgan fingerprint density at radius 3 is 2.20 bits per heavy atom. The zero-order valence-electron chi connectivity index (χ0n) is 24.4. The van der Waals surface area contributed by atoms with Gasteiger partial charge in [-0.2, -0.15) is 0 Å². The number of methoxy groups -OCH3 is 3. The molecule has 2 atom stereocenters. The quantitative estimate of drug-likeness (QED) is 0.379. The molecule has 1 aliphatic heterocycles. The van der Waals surface area contributed by atoms with Crippen LogP contribution in [0.4, 0.5) is 0 Å². The van der Waals surface area contributed by atoms with E-state index in [0.717, 1.165) is 16.8 Å². The average molecular weight is 550 g/mol. The molecule has 2 unspecified atom stereocenters. The second kappa shape index (κ2) is 12.5. The zero-order chi connectivity index (χ0) is 29.0. The van der Waals surface area contributed by atoms with Crippen LogP contribution in [0, 0.1) is 5.92 Å². The van der Waals surface area contributed by atoms with Crippen LogP contribution in [0.15, 0.2) is 58.9 Å². The van der Waals surface area contributed by atoms with Gasteiger partial charge in [0.1, 0.15) is 0 Å². The number of carbonyl (C=O) groups excluding carboxylic acids is 2. The van der Waals surface area contributed by atoms with Gasteiger partial charge < -0.3 is 29.0 Å². The number of allylic oxidation sites excluding steroid dienone is 3. The van der Waals surface area contributed by atoms with Crippen molar-refractivity contribution >= 4 is 11.8 Å². The minimum absolute atomic E-state index is 0.0203. The van der Waals surface area contributed by atoms with Crippen LogP contribution in [0.3, 0.4) is 0 Å². The van der Waals surface area contributed by atoms with Crippen molar-refractivity contribution in [3.8, 4) is 23.0 Å². The van der Waals surface area contributed by atoms with Crippen LogP contribution >= 0.6 is 0 Å². The van der Waals surface area contributed by atoms with Crippen molar-refractivity contribution in [2.24, 2.45) is 5.92 Å². The number of hydrogen-bond acceptors (Lipinski definition) is 8. The summed E-state index contributed by atoms with van der Waals surface area (Å²) in [5.74, 6) is 1.47. The van der Waals surface area contributed by atoms with Crippen LogP contribution in [-0.4, -0.2) is 46.3 Å². The summed E-state index contributed by atoms with van der Waals surface area (Å²) in [6.07, 6.45) is 0.904. The molecule has 0 amide bonds. The Kier molecular flexibility index (Phi) is 9.07. The van der Waals surface area contributed by atoms with Gasteiger partial charge in [0.2, 0.25) is 0 Å². The van der Waals surface area contributed by atoms with Crippen molar-refractivity contribution in [2.75, 3.05) is 34.5 Å². The topological polar surface area (TPSA) is 92.3 Å². The fourth-order valence-electron chi connectivity index (χ4n) is 5.44. The van der Waals surface area contributed by atoms with E-state index >= 15 is 0 Å². The van der Waals surface area contributed by atoms with Gasteiger partial charge in [-0.1, -0.05) is 26.0 Å². The molecular weight excluding hydrogens is 510 g/mol. The standard InChI is InChI=1S/C32H39NO7/c1-8-39-26-12-10-21(16-28(26)38-7)30-29(32(35)40-17-18(2)3)19(4)33-23-13-22(14-24(34)31(23)30)20-9-11-25(36-5)27(15-20)37-6/h9-12,15-16,18,22,30,33H,8,13-14,17H2,1-7H3. The van der Waals surface area contributed by atoms with Gasteiger partial charge >= 0.3 is 5.97 Å². The minimum atomic E-state index is -0.598. The molecule has 1 aliphatic carbocycles. The summed E-state index contributed by atoms with van der Waals surface area (Å²) in [4.78, 5) is 27.4. The lowest BCUT2D eigenvalue weighted by Crippen LogP contribution is -2.36. The molecule has 8 nitrogen and oxygen atoms in total. The second-order valence-electron chi connectivity index (χ2n) is 10.5. The molecule has 4 rings (SSSR count). The molecule has 2 aromatic rings. The maximum absolute atomic E-state index is 14.0. The summed E-state index contributed by atoms with van der Waals surface area (Å²) in [5, 5.41) is 3.40. The Morgan fingerprint density at radius 1 is 0.925 bits per heavy atom. The molecule has 0 bridgehead atoms. The van der Waals surface area contributed by atoms with E-state index in [1.807, 2.05) is 64.1 Å².